The minimum atomic E-state index is -3.62. The number of aryl methyl sites for hydroxylation is 2. The molecule has 1 aromatic carbocycles. The van der Waals surface area contributed by atoms with Crippen molar-refractivity contribution in [1.29, 1.82) is 0 Å². The second-order valence-electron chi connectivity index (χ2n) is 6.69. The minimum absolute atomic E-state index is 0.0510. The van der Waals surface area contributed by atoms with Crippen LogP contribution in [0.15, 0.2) is 53.7 Å². The molecule has 0 atom stereocenters. The van der Waals surface area contributed by atoms with Crippen molar-refractivity contribution in [2.45, 2.75) is 31.6 Å². The molecule has 0 spiro atoms. The minimum Gasteiger partial charge on any atom is -0.356 e. The number of carbonyl (C=O) groups is 1. The number of aromatic nitrogens is 2. The van der Waals surface area contributed by atoms with E-state index in [1.807, 2.05) is 48.8 Å². The predicted octanol–water partition coefficient (Wildman–Crippen LogP) is 1.98. The molecule has 0 saturated heterocycles. The number of carbonyl (C=O) groups excluding carboxylic acids is 1. The summed E-state index contributed by atoms with van der Waals surface area (Å²) >= 11 is 0. The average Bonchev–Trinajstić information content (AvgIpc) is 3.06. The molecule has 0 saturated carbocycles. The molecule has 0 radical (unpaired) electrons. The Morgan fingerprint density at radius 1 is 1.11 bits per heavy atom. The van der Waals surface area contributed by atoms with E-state index in [1.54, 1.807) is 18.2 Å². The van der Waals surface area contributed by atoms with Gasteiger partial charge in [0.2, 0.25) is 15.9 Å². The molecule has 2 N–H and O–H groups in total. The summed E-state index contributed by atoms with van der Waals surface area (Å²) in [7, 11) is -3.62. The quantitative estimate of drug-likeness (QED) is 0.605. The Hall–Kier alpha value is -2.71. The van der Waals surface area contributed by atoms with Crippen molar-refractivity contribution in [3.05, 3.63) is 65.6 Å². The number of nitrogens with zero attached hydrogens (tertiary/aromatic N) is 2. The van der Waals surface area contributed by atoms with Crippen molar-refractivity contribution >= 4 is 21.6 Å². The Bertz CT molecular complexity index is 1060. The number of rotatable bonds is 8. The Morgan fingerprint density at radius 3 is 2.68 bits per heavy atom. The van der Waals surface area contributed by atoms with Crippen LogP contribution in [0, 0.1) is 13.8 Å². The summed E-state index contributed by atoms with van der Waals surface area (Å²) in [5, 5.41) is 2.80. The van der Waals surface area contributed by atoms with E-state index in [1.165, 1.54) is 0 Å². The number of benzene rings is 1. The lowest BCUT2D eigenvalue weighted by atomic mass is 10.1. The number of imidazole rings is 1. The summed E-state index contributed by atoms with van der Waals surface area (Å²) in [5.41, 5.74) is 3.70. The van der Waals surface area contributed by atoms with Gasteiger partial charge in [-0.2, -0.15) is 0 Å². The van der Waals surface area contributed by atoms with Crippen molar-refractivity contribution in [3.63, 3.8) is 0 Å². The third-order valence-electron chi connectivity index (χ3n) is 4.55. The van der Waals surface area contributed by atoms with Crippen molar-refractivity contribution in [2.75, 3.05) is 13.1 Å². The van der Waals surface area contributed by atoms with Gasteiger partial charge in [0.1, 0.15) is 5.65 Å². The van der Waals surface area contributed by atoms with E-state index in [-0.39, 0.29) is 23.8 Å². The molecule has 0 fully saturated rings. The molecule has 8 heteroatoms. The van der Waals surface area contributed by atoms with Gasteiger partial charge in [-0.3, -0.25) is 4.79 Å². The number of nitrogens with one attached hydrogen (secondary N) is 2. The van der Waals surface area contributed by atoms with Crippen LogP contribution in [0.25, 0.3) is 5.65 Å². The average molecular weight is 401 g/mol. The molecular formula is C20H24N4O3S. The van der Waals surface area contributed by atoms with Gasteiger partial charge < -0.3 is 9.72 Å². The normalized spacial score (nSPS) is 11.6. The molecule has 0 aliphatic carbocycles. The van der Waals surface area contributed by atoms with Crippen LogP contribution in [0.4, 0.5) is 0 Å². The van der Waals surface area contributed by atoms with E-state index in [2.05, 4.69) is 15.0 Å². The summed E-state index contributed by atoms with van der Waals surface area (Å²) in [5.74, 6) is -0.202. The first-order chi connectivity index (χ1) is 13.3. The van der Waals surface area contributed by atoms with Crippen LogP contribution in [-0.4, -0.2) is 36.8 Å². The zero-order valence-corrected chi connectivity index (χ0v) is 16.8. The van der Waals surface area contributed by atoms with Crippen LogP contribution in [0.3, 0.4) is 0 Å². The van der Waals surface area contributed by atoms with Gasteiger partial charge in [-0.1, -0.05) is 12.1 Å². The fourth-order valence-electron chi connectivity index (χ4n) is 2.79. The molecule has 1 amide bonds. The third kappa shape index (κ3) is 4.96. The lowest BCUT2D eigenvalue weighted by molar-refractivity contribution is -0.120. The Labute approximate surface area is 164 Å². The van der Waals surface area contributed by atoms with Crippen LogP contribution in [-0.2, 0) is 21.2 Å². The van der Waals surface area contributed by atoms with E-state index in [0.717, 1.165) is 22.5 Å². The predicted molar refractivity (Wildman–Crippen MR) is 108 cm³/mol. The molecule has 2 aromatic heterocycles. The summed E-state index contributed by atoms with van der Waals surface area (Å²) in [6.07, 6.45) is 4.54. The highest BCUT2D eigenvalue weighted by Crippen LogP contribution is 2.14. The Kier molecular flexibility index (Phi) is 6.11. The van der Waals surface area contributed by atoms with Crippen molar-refractivity contribution < 1.29 is 13.2 Å². The molecule has 0 unspecified atom stereocenters. The van der Waals surface area contributed by atoms with Gasteiger partial charge in [-0.05, 0) is 49.2 Å². The molecule has 148 valence electrons. The first-order valence-corrected chi connectivity index (χ1v) is 10.6. The van der Waals surface area contributed by atoms with Gasteiger partial charge in [-0.15, -0.1) is 0 Å². The highest BCUT2D eigenvalue weighted by atomic mass is 32.2. The van der Waals surface area contributed by atoms with Gasteiger partial charge in [0.25, 0.3) is 0 Å². The fraction of sp³-hybridized carbons (Fsp3) is 0.300. The second kappa shape index (κ2) is 8.53. The Balaban J connectivity index is 1.43. The van der Waals surface area contributed by atoms with E-state index >= 15 is 0 Å². The number of sulfonamides is 1. The largest absolute Gasteiger partial charge is 0.356 e. The number of amides is 1. The molecule has 3 aromatic rings. The lowest BCUT2D eigenvalue weighted by Crippen LogP contribution is -2.31. The molecule has 2 heterocycles. The topological polar surface area (TPSA) is 92.6 Å². The van der Waals surface area contributed by atoms with Gasteiger partial charge >= 0.3 is 0 Å². The van der Waals surface area contributed by atoms with E-state index in [0.29, 0.717) is 13.0 Å². The van der Waals surface area contributed by atoms with E-state index in [4.69, 9.17) is 0 Å². The first kappa shape index (κ1) is 20.0. The van der Waals surface area contributed by atoms with Crippen molar-refractivity contribution in [3.8, 4) is 0 Å². The summed E-state index contributed by atoms with van der Waals surface area (Å²) in [6, 6.07) is 10.7. The second-order valence-corrected chi connectivity index (χ2v) is 8.46. The zero-order chi connectivity index (χ0) is 20.1. The van der Waals surface area contributed by atoms with Gasteiger partial charge in [0.05, 0.1) is 10.6 Å². The maximum Gasteiger partial charge on any atom is 0.240 e. The number of pyridine rings is 1. The first-order valence-electron chi connectivity index (χ1n) is 9.11. The highest BCUT2D eigenvalue weighted by Gasteiger charge is 2.14. The maximum absolute atomic E-state index is 12.3. The van der Waals surface area contributed by atoms with Crippen LogP contribution in [0.5, 0.6) is 0 Å². The van der Waals surface area contributed by atoms with Gasteiger partial charge in [-0.25, -0.2) is 18.1 Å². The Morgan fingerprint density at radius 2 is 1.93 bits per heavy atom. The molecule has 7 nitrogen and oxygen atoms in total. The maximum atomic E-state index is 12.3. The number of hydrogen-bond acceptors (Lipinski definition) is 4. The molecule has 0 bridgehead atoms. The van der Waals surface area contributed by atoms with Crippen LogP contribution in [0.2, 0.25) is 0 Å². The number of fused-ring (bicyclic) bond motifs is 1. The number of hydrogen-bond donors (Lipinski definition) is 2. The van der Waals surface area contributed by atoms with Gasteiger partial charge in [0, 0.05) is 38.3 Å². The SMILES string of the molecule is Cc1ccc(S(=O)(=O)NCCC(=O)NCCc2cn3ccccc3n2)cc1C. The smallest absolute Gasteiger partial charge is 0.240 e. The fourth-order valence-corrected chi connectivity index (χ4v) is 3.91. The van der Waals surface area contributed by atoms with E-state index < -0.39 is 10.0 Å². The van der Waals surface area contributed by atoms with E-state index in [9.17, 15) is 13.2 Å². The summed E-state index contributed by atoms with van der Waals surface area (Å²) in [4.78, 5) is 16.6. The molecule has 28 heavy (non-hydrogen) atoms. The third-order valence-corrected chi connectivity index (χ3v) is 6.01. The summed E-state index contributed by atoms with van der Waals surface area (Å²) in [6.45, 7) is 4.29. The van der Waals surface area contributed by atoms with Crippen molar-refractivity contribution in [1.82, 2.24) is 19.4 Å². The zero-order valence-electron chi connectivity index (χ0n) is 16.0. The lowest BCUT2D eigenvalue weighted by Gasteiger charge is -2.09. The molecule has 3 rings (SSSR count). The standard InChI is InChI=1S/C20H24N4O3S/c1-15-6-7-18(13-16(15)2)28(26,27)22-11-9-20(25)21-10-8-17-14-24-12-4-3-5-19(24)23-17/h3-7,12-14,22H,8-11H2,1-2H3,(H,21,25). The van der Waals surface area contributed by atoms with Crippen LogP contribution >= 0.6 is 0 Å². The van der Waals surface area contributed by atoms with Gasteiger partial charge in [0.15, 0.2) is 0 Å². The van der Waals surface area contributed by atoms with Crippen LogP contribution < -0.4 is 10.0 Å². The van der Waals surface area contributed by atoms with Crippen molar-refractivity contribution in [2.24, 2.45) is 0 Å². The molecule has 0 aliphatic rings. The monoisotopic (exact) mass is 400 g/mol. The summed E-state index contributed by atoms with van der Waals surface area (Å²) < 4.78 is 29.0. The molecule has 0 aliphatic heterocycles. The highest BCUT2D eigenvalue weighted by molar-refractivity contribution is 7.89. The molecular weight excluding hydrogens is 376 g/mol. The van der Waals surface area contributed by atoms with Crippen LogP contribution in [0.1, 0.15) is 23.2 Å².